The van der Waals surface area contributed by atoms with E-state index in [-0.39, 0.29) is 12.8 Å². The van der Waals surface area contributed by atoms with Crippen molar-refractivity contribution in [3.63, 3.8) is 0 Å². The van der Waals surface area contributed by atoms with Crippen LogP contribution in [0.5, 0.6) is 0 Å². The van der Waals surface area contributed by atoms with Crippen LogP contribution in [0.3, 0.4) is 0 Å². The molecule has 0 nitrogen and oxygen atoms in total. The molecular weight excluding hydrogens is 194 g/mol. The van der Waals surface area contributed by atoms with Crippen molar-refractivity contribution in [1.82, 2.24) is 0 Å². The van der Waals surface area contributed by atoms with Crippen LogP contribution < -0.4 is 0 Å². The second kappa shape index (κ2) is 4.30. The molecule has 2 rings (SSSR count). The number of rotatable bonds is 2. The third-order valence-electron chi connectivity index (χ3n) is 2.99. The lowest BCUT2D eigenvalue weighted by molar-refractivity contribution is -0.0422. The predicted octanol–water partition coefficient (Wildman–Crippen LogP) is 4.06. The van der Waals surface area contributed by atoms with Crippen molar-refractivity contribution in [1.29, 1.82) is 0 Å². The van der Waals surface area contributed by atoms with Crippen molar-refractivity contribution in [3.05, 3.63) is 42.3 Å². The summed E-state index contributed by atoms with van der Waals surface area (Å²) in [6.07, 6.45) is 3.43. The van der Waals surface area contributed by atoms with Gasteiger partial charge in [0.05, 0.1) is 0 Å². The summed E-state index contributed by atoms with van der Waals surface area (Å²) < 4.78 is 25.8. The monoisotopic (exact) mass is 209 g/mol. The normalized spacial score (nSPS) is 21.5. The third kappa shape index (κ3) is 3.01. The quantitative estimate of drug-likeness (QED) is 0.689. The molecule has 0 spiro atoms. The van der Waals surface area contributed by atoms with Crippen molar-refractivity contribution in [2.45, 2.75) is 31.6 Å². The molecule has 81 valence electrons. The van der Waals surface area contributed by atoms with Crippen LogP contribution in [-0.4, -0.2) is 5.92 Å². The van der Waals surface area contributed by atoms with Gasteiger partial charge in [0.2, 0.25) is 5.92 Å². The highest BCUT2D eigenvalue weighted by Gasteiger charge is 2.34. The van der Waals surface area contributed by atoms with Gasteiger partial charge in [-0.05, 0) is 30.7 Å². The SMILES string of the molecule is FC1(F)CCC([CH]c2ccccc2)CC1. The van der Waals surface area contributed by atoms with E-state index in [9.17, 15) is 8.78 Å². The summed E-state index contributed by atoms with van der Waals surface area (Å²) in [5.74, 6) is -2.09. The zero-order valence-corrected chi connectivity index (χ0v) is 8.63. The van der Waals surface area contributed by atoms with Crippen LogP contribution in [0.4, 0.5) is 8.78 Å². The number of benzene rings is 1. The lowest BCUT2D eigenvalue weighted by Gasteiger charge is -2.28. The second-order valence-corrected chi connectivity index (χ2v) is 4.27. The van der Waals surface area contributed by atoms with Crippen LogP contribution in [-0.2, 0) is 0 Å². The van der Waals surface area contributed by atoms with Gasteiger partial charge < -0.3 is 0 Å². The molecule has 1 radical (unpaired) electrons. The average Bonchev–Trinajstić information content (AvgIpc) is 2.23. The van der Waals surface area contributed by atoms with E-state index in [4.69, 9.17) is 0 Å². The number of hydrogen-bond donors (Lipinski definition) is 0. The summed E-state index contributed by atoms with van der Waals surface area (Å²) in [6.45, 7) is 0. The Hall–Kier alpha value is -0.920. The fourth-order valence-corrected chi connectivity index (χ4v) is 2.07. The molecule has 1 aromatic rings. The summed E-state index contributed by atoms with van der Waals surface area (Å²) in [4.78, 5) is 0. The molecule has 1 aromatic carbocycles. The maximum atomic E-state index is 12.9. The molecule has 0 atom stereocenters. The molecule has 1 fully saturated rings. The molecular formula is C13H15F2. The van der Waals surface area contributed by atoms with Gasteiger partial charge in [0.1, 0.15) is 0 Å². The van der Waals surface area contributed by atoms with Crippen molar-refractivity contribution < 1.29 is 8.78 Å². The van der Waals surface area contributed by atoms with Crippen LogP contribution in [0.15, 0.2) is 30.3 Å². The summed E-state index contributed by atoms with van der Waals surface area (Å²) in [5, 5.41) is 0. The highest BCUT2D eigenvalue weighted by Crippen LogP contribution is 2.37. The minimum atomic E-state index is -2.42. The van der Waals surface area contributed by atoms with E-state index in [1.807, 2.05) is 30.3 Å². The first-order valence-corrected chi connectivity index (χ1v) is 5.43. The minimum Gasteiger partial charge on any atom is -0.207 e. The predicted molar refractivity (Wildman–Crippen MR) is 56.7 cm³/mol. The standard InChI is InChI=1S/C13H15F2/c14-13(15)8-6-12(7-9-13)10-11-4-2-1-3-5-11/h1-5,10,12H,6-9H2. The summed E-state index contributed by atoms with van der Waals surface area (Å²) in [7, 11) is 0. The van der Waals surface area contributed by atoms with E-state index in [0.717, 1.165) is 5.56 Å². The van der Waals surface area contributed by atoms with Gasteiger partial charge in [-0.1, -0.05) is 30.3 Å². The van der Waals surface area contributed by atoms with Gasteiger partial charge in [-0.3, -0.25) is 0 Å². The Kier molecular flexibility index (Phi) is 3.03. The van der Waals surface area contributed by atoms with Crippen molar-refractivity contribution in [2.75, 3.05) is 0 Å². The first-order chi connectivity index (χ1) is 7.16. The molecule has 1 aliphatic carbocycles. The van der Waals surface area contributed by atoms with Crippen molar-refractivity contribution in [3.8, 4) is 0 Å². The molecule has 15 heavy (non-hydrogen) atoms. The maximum Gasteiger partial charge on any atom is 0.248 e. The Balaban J connectivity index is 1.88. The Bertz CT molecular complexity index is 296. The Morgan fingerprint density at radius 3 is 2.27 bits per heavy atom. The Labute approximate surface area is 89.3 Å². The van der Waals surface area contributed by atoms with Crippen LogP contribution in [0, 0.1) is 12.3 Å². The largest absolute Gasteiger partial charge is 0.248 e. The summed E-state index contributed by atoms with van der Waals surface area (Å²) >= 11 is 0. The van der Waals surface area contributed by atoms with Crippen molar-refractivity contribution >= 4 is 0 Å². The van der Waals surface area contributed by atoms with Gasteiger partial charge in [-0.25, -0.2) is 8.78 Å². The van der Waals surface area contributed by atoms with E-state index in [0.29, 0.717) is 18.8 Å². The summed E-state index contributed by atoms with van der Waals surface area (Å²) in [5.41, 5.74) is 1.15. The van der Waals surface area contributed by atoms with Crippen LogP contribution in [0.1, 0.15) is 31.2 Å². The van der Waals surface area contributed by atoms with E-state index in [1.54, 1.807) is 0 Å². The average molecular weight is 209 g/mol. The van der Waals surface area contributed by atoms with E-state index in [1.165, 1.54) is 0 Å². The molecule has 0 saturated heterocycles. The topological polar surface area (TPSA) is 0 Å². The molecule has 0 heterocycles. The van der Waals surface area contributed by atoms with Gasteiger partial charge in [0, 0.05) is 12.8 Å². The molecule has 0 unspecified atom stereocenters. The lowest BCUT2D eigenvalue weighted by Crippen LogP contribution is -2.24. The molecule has 0 aliphatic heterocycles. The van der Waals surface area contributed by atoms with Crippen LogP contribution >= 0.6 is 0 Å². The summed E-state index contributed by atoms with van der Waals surface area (Å²) in [6, 6.07) is 9.96. The first-order valence-electron chi connectivity index (χ1n) is 5.43. The smallest absolute Gasteiger partial charge is 0.207 e. The third-order valence-corrected chi connectivity index (χ3v) is 2.99. The van der Waals surface area contributed by atoms with Gasteiger partial charge in [0.15, 0.2) is 0 Å². The lowest BCUT2D eigenvalue weighted by atomic mass is 9.83. The molecule has 0 bridgehead atoms. The van der Waals surface area contributed by atoms with E-state index < -0.39 is 5.92 Å². The van der Waals surface area contributed by atoms with Crippen LogP contribution in [0.2, 0.25) is 0 Å². The molecule has 1 saturated carbocycles. The molecule has 0 amide bonds. The number of halogens is 2. The second-order valence-electron chi connectivity index (χ2n) is 4.27. The minimum absolute atomic E-state index is 0.0427. The zero-order chi connectivity index (χ0) is 10.7. The Morgan fingerprint density at radius 2 is 1.67 bits per heavy atom. The Morgan fingerprint density at radius 1 is 1.07 bits per heavy atom. The molecule has 1 aliphatic rings. The maximum absolute atomic E-state index is 12.9. The fraction of sp³-hybridized carbons (Fsp3) is 0.462. The fourth-order valence-electron chi connectivity index (χ4n) is 2.07. The van der Waals surface area contributed by atoms with Gasteiger partial charge >= 0.3 is 0 Å². The number of alkyl halides is 2. The van der Waals surface area contributed by atoms with Gasteiger partial charge in [-0.15, -0.1) is 0 Å². The molecule has 2 heteroatoms. The zero-order valence-electron chi connectivity index (χ0n) is 8.63. The van der Waals surface area contributed by atoms with E-state index >= 15 is 0 Å². The molecule has 0 N–H and O–H groups in total. The highest BCUT2D eigenvalue weighted by molar-refractivity contribution is 5.23. The van der Waals surface area contributed by atoms with E-state index in [2.05, 4.69) is 6.42 Å². The van der Waals surface area contributed by atoms with Gasteiger partial charge in [0.25, 0.3) is 0 Å². The van der Waals surface area contributed by atoms with Crippen LogP contribution in [0.25, 0.3) is 0 Å². The van der Waals surface area contributed by atoms with Crippen molar-refractivity contribution in [2.24, 2.45) is 5.92 Å². The molecule has 0 aromatic heterocycles. The highest BCUT2D eigenvalue weighted by atomic mass is 19.3. The first kappa shape index (κ1) is 10.6. The number of hydrogen-bond acceptors (Lipinski definition) is 0. The van der Waals surface area contributed by atoms with Gasteiger partial charge in [-0.2, -0.15) is 0 Å².